The molecule has 3 nitrogen and oxygen atoms in total. The number of anilines is 1. The summed E-state index contributed by atoms with van der Waals surface area (Å²) in [5, 5.41) is 0. The van der Waals surface area contributed by atoms with Crippen molar-refractivity contribution in [3.8, 4) is 0 Å². The molecule has 0 unspecified atom stereocenters. The van der Waals surface area contributed by atoms with Gasteiger partial charge in [0.25, 0.3) is 5.91 Å². The van der Waals surface area contributed by atoms with Crippen molar-refractivity contribution in [3.05, 3.63) is 42.0 Å². The molecule has 98 valence electrons. The number of halogens is 2. The van der Waals surface area contributed by atoms with E-state index in [-0.39, 0.29) is 23.8 Å². The van der Waals surface area contributed by atoms with Crippen molar-refractivity contribution in [2.24, 2.45) is 0 Å². The van der Waals surface area contributed by atoms with Crippen LogP contribution in [0.2, 0.25) is 0 Å². The second-order valence-corrected chi connectivity index (χ2v) is 4.20. The molecule has 18 heavy (non-hydrogen) atoms. The summed E-state index contributed by atoms with van der Waals surface area (Å²) in [6, 6.07) is 1.55. The Balaban J connectivity index is 3.20. The first kappa shape index (κ1) is 14.2. The van der Waals surface area contributed by atoms with Gasteiger partial charge in [-0.3, -0.25) is 4.79 Å². The molecule has 0 radical (unpaired) electrons. The largest absolute Gasteiger partial charge is 0.396 e. The summed E-state index contributed by atoms with van der Waals surface area (Å²) in [7, 11) is 0. The molecular formula is C13H16F2N2O. The van der Waals surface area contributed by atoms with Crippen LogP contribution in [0.25, 0.3) is 0 Å². The molecule has 0 atom stereocenters. The Morgan fingerprint density at radius 1 is 1.50 bits per heavy atom. The van der Waals surface area contributed by atoms with Crippen LogP contribution < -0.4 is 5.73 Å². The van der Waals surface area contributed by atoms with Gasteiger partial charge in [-0.1, -0.05) is 6.08 Å². The summed E-state index contributed by atoms with van der Waals surface area (Å²) in [4.78, 5) is 13.5. The lowest BCUT2D eigenvalue weighted by atomic mass is 10.1. The first-order valence-electron chi connectivity index (χ1n) is 5.54. The summed E-state index contributed by atoms with van der Waals surface area (Å²) >= 11 is 0. The first-order chi connectivity index (χ1) is 8.38. The van der Waals surface area contributed by atoms with Crippen LogP contribution in [-0.4, -0.2) is 23.4 Å². The SMILES string of the molecule is C=CCN(C(=O)c1cc(F)cc(N)c1F)C(C)C. The average Bonchev–Trinajstić information content (AvgIpc) is 2.29. The zero-order chi connectivity index (χ0) is 13.9. The Hall–Kier alpha value is -1.91. The zero-order valence-corrected chi connectivity index (χ0v) is 10.4. The highest BCUT2D eigenvalue weighted by Gasteiger charge is 2.22. The van der Waals surface area contributed by atoms with Crippen molar-refractivity contribution in [2.75, 3.05) is 12.3 Å². The molecule has 0 aromatic heterocycles. The van der Waals surface area contributed by atoms with E-state index in [9.17, 15) is 13.6 Å². The third kappa shape index (κ3) is 2.85. The number of carbonyl (C=O) groups excluding carboxylic acids is 1. The van der Waals surface area contributed by atoms with Crippen molar-refractivity contribution in [2.45, 2.75) is 19.9 Å². The number of benzene rings is 1. The summed E-state index contributed by atoms with van der Waals surface area (Å²) in [5.41, 5.74) is 4.57. The predicted octanol–water partition coefficient (Wildman–Crippen LogP) is 2.58. The second-order valence-electron chi connectivity index (χ2n) is 4.20. The Labute approximate surface area is 105 Å². The topological polar surface area (TPSA) is 46.3 Å². The van der Waals surface area contributed by atoms with Gasteiger partial charge in [-0.15, -0.1) is 6.58 Å². The Bertz CT molecular complexity index is 472. The molecule has 0 bridgehead atoms. The third-order valence-corrected chi connectivity index (χ3v) is 2.51. The molecule has 0 heterocycles. The fourth-order valence-electron chi connectivity index (χ4n) is 1.59. The van der Waals surface area contributed by atoms with Crippen molar-refractivity contribution in [1.29, 1.82) is 0 Å². The number of hydrogen-bond donors (Lipinski definition) is 1. The van der Waals surface area contributed by atoms with E-state index in [2.05, 4.69) is 6.58 Å². The molecular weight excluding hydrogens is 238 g/mol. The van der Waals surface area contributed by atoms with E-state index in [0.717, 1.165) is 12.1 Å². The van der Waals surface area contributed by atoms with E-state index >= 15 is 0 Å². The van der Waals surface area contributed by atoms with Crippen molar-refractivity contribution >= 4 is 11.6 Å². The molecule has 0 aliphatic rings. The normalized spacial score (nSPS) is 10.5. The van der Waals surface area contributed by atoms with Crippen LogP contribution in [0.15, 0.2) is 24.8 Å². The lowest BCUT2D eigenvalue weighted by Crippen LogP contribution is -2.37. The number of hydrogen-bond acceptors (Lipinski definition) is 2. The molecule has 2 N–H and O–H groups in total. The van der Waals surface area contributed by atoms with Crippen LogP contribution in [0, 0.1) is 11.6 Å². The van der Waals surface area contributed by atoms with Crippen LogP contribution in [0.1, 0.15) is 24.2 Å². The summed E-state index contributed by atoms with van der Waals surface area (Å²) in [6.07, 6.45) is 1.53. The van der Waals surface area contributed by atoms with Crippen molar-refractivity contribution < 1.29 is 13.6 Å². The van der Waals surface area contributed by atoms with Gasteiger partial charge in [-0.05, 0) is 26.0 Å². The van der Waals surface area contributed by atoms with Gasteiger partial charge >= 0.3 is 0 Å². The zero-order valence-electron chi connectivity index (χ0n) is 10.4. The average molecular weight is 254 g/mol. The van der Waals surface area contributed by atoms with Gasteiger partial charge in [0.05, 0.1) is 11.3 Å². The fraction of sp³-hybridized carbons (Fsp3) is 0.308. The van der Waals surface area contributed by atoms with Gasteiger partial charge in [0.1, 0.15) is 5.82 Å². The van der Waals surface area contributed by atoms with E-state index in [4.69, 9.17) is 5.73 Å². The number of rotatable bonds is 4. The maximum Gasteiger partial charge on any atom is 0.257 e. The molecule has 0 saturated heterocycles. The number of nitrogen functional groups attached to an aromatic ring is 1. The number of nitrogens with zero attached hydrogens (tertiary/aromatic N) is 1. The van der Waals surface area contributed by atoms with Gasteiger partial charge in [-0.2, -0.15) is 0 Å². The van der Waals surface area contributed by atoms with Gasteiger partial charge in [0.2, 0.25) is 0 Å². The molecule has 0 saturated carbocycles. The molecule has 0 spiro atoms. The first-order valence-corrected chi connectivity index (χ1v) is 5.54. The highest BCUT2D eigenvalue weighted by Crippen LogP contribution is 2.20. The smallest absolute Gasteiger partial charge is 0.257 e. The second kappa shape index (κ2) is 5.62. The van der Waals surface area contributed by atoms with E-state index in [1.807, 2.05) is 0 Å². The van der Waals surface area contributed by atoms with Crippen molar-refractivity contribution in [3.63, 3.8) is 0 Å². The lowest BCUT2D eigenvalue weighted by Gasteiger charge is -2.25. The molecule has 1 amide bonds. The predicted molar refractivity (Wildman–Crippen MR) is 67.1 cm³/mol. The highest BCUT2D eigenvalue weighted by atomic mass is 19.1. The minimum absolute atomic E-state index is 0.153. The lowest BCUT2D eigenvalue weighted by molar-refractivity contribution is 0.0723. The minimum atomic E-state index is -0.892. The molecule has 0 aliphatic heterocycles. The Morgan fingerprint density at radius 3 is 2.61 bits per heavy atom. The molecule has 5 heteroatoms. The van der Waals surface area contributed by atoms with E-state index in [1.54, 1.807) is 13.8 Å². The standard InChI is InChI=1S/C13H16F2N2O/c1-4-5-17(8(2)3)13(18)10-6-9(14)7-11(16)12(10)15/h4,6-8H,1,5,16H2,2-3H3. The Morgan fingerprint density at radius 2 is 2.11 bits per heavy atom. The minimum Gasteiger partial charge on any atom is -0.396 e. The van der Waals surface area contributed by atoms with Gasteiger partial charge in [0, 0.05) is 12.6 Å². The quantitative estimate of drug-likeness (QED) is 0.663. The van der Waals surface area contributed by atoms with Crippen LogP contribution in [0.3, 0.4) is 0 Å². The van der Waals surface area contributed by atoms with Crippen molar-refractivity contribution in [1.82, 2.24) is 4.90 Å². The number of carbonyl (C=O) groups is 1. The monoisotopic (exact) mass is 254 g/mol. The molecule has 0 fully saturated rings. The molecule has 0 aliphatic carbocycles. The molecule has 1 aromatic carbocycles. The van der Waals surface area contributed by atoms with Gasteiger partial charge < -0.3 is 10.6 Å². The number of amides is 1. The van der Waals surface area contributed by atoms with E-state index in [0.29, 0.717) is 0 Å². The van der Waals surface area contributed by atoms with E-state index in [1.165, 1.54) is 11.0 Å². The molecule has 1 rings (SSSR count). The maximum absolute atomic E-state index is 13.7. The summed E-state index contributed by atoms with van der Waals surface area (Å²) in [5.74, 6) is -2.23. The van der Waals surface area contributed by atoms with Crippen LogP contribution in [0.4, 0.5) is 14.5 Å². The summed E-state index contributed by atoms with van der Waals surface area (Å²) < 4.78 is 26.9. The van der Waals surface area contributed by atoms with Gasteiger partial charge in [0.15, 0.2) is 5.82 Å². The maximum atomic E-state index is 13.7. The third-order valence-electron chi connectivity index (χ3n) is 2.51. The fourth-order valence-corrected chi connectivity index (χ4v) is 1.59. The highest BCUT2D eigenvalue weighted by molar-refractivity contribution is 5.95. The van der Waals surface area contributed by atoms with E-state index < -0.39 is 17.5 Å². The van der Waals surface area contributed by atoms with Crippen LogP contribution in [-0.2, 0) is 0 Å². The van der Waals surface area contributed by atoms with Crippen LogP contribution >= 0.6 is 0 Å². The summed E-state index contributed by atoms with van der Waals surface area (Å²) in [6.45, 7) is 7.35. The molecule has 1 aromatic rings. The van der Waals surface area contributed by atoms with Gasteiger partial charge in [-0.25, -0.2) is 8.78 Å². The Kier molecular flexibility index (Phi) is 4.42. The van der Waals surface area contributed by atoms with Crippen LogP contribution in [0.5, 0.6) is 0 Å². The number of nitrogens with two attached hydrogens (primary N) is 1.